The Labute approximate surface area is 161 Å². The summed E-state index contributed by atoms with van der Waals surface area (Å²) in [5, 5.41) is 1.26. The number of aromatic nitrogens is 2. The zero-order valence-electron chi connectivity index (χ0n) is 15.4. The third-order valence-electron chi connectivity index (χ3n) is 4.03. The van der Waals surface area contributed by atoms with Crippen LogP contribution in [0.2, 0.25) is 0 Å². The van der Waals surface area contributed by atoms with E-state index in [1.165, 1.54) is 18.9 Å². The summed E-state index contributed by atoms with van der Waals surface area (Å²) in [7, 11) is 3.06. The third-order valence-corrected chi connectivity index (χ3v) is 5.02. The second-order valence-electron chi connectivity index (χ2n) is 6.00. The van der Waals surface area contributed by atoms with E-state index in [-0.39, 0.29) is 5.56 Å². The maximum absolute atomic E-state index is 12.5. The lowest BCUT2D eigenvalue weighted by Gasteiger charge is -2.10. The molecule has 0 N–H and O–H groups in total. The minimum Gasteiger partial charge on any atom is -0.493 e. The molecule has 7 heteroatoms. The molecule has 2 aromatic carbocycles. The van der Waals surface area contributed by atoms with Gasteiger partial charge in [0.15, 0.2) is 5.16 Å². The van der Waals surface area contributed by atoms with Crippen molar-refractivity contribution in [3.05, 3.63) is 63.9 Å². The van der Waals surface area contributed by atoms with E-state index in [1.54, 1.807) is 35.9 Å². The number of aryl methyl sites for hydroxylation is 1. The number of ether oxygens (including phenoxy) is 2. The van der Waals surface area contributed by atoms with Gasteiger partial charge in [-0.05, 0) is 37.3 Å². The summed E-state index contributed by atoms with van der Waals surface area (Å²) in [5.41, 5.74) is 2.11. The molecule has 1 aromatic heterocycles. The molecule has 0 saturated heterocycles. The molecule has 0 saturated carbocycles. The smallest absolute Gasteiger partial charge is 0.337 e. The number of rotatable bonds is 6. The summed E-state index contributed by atoms with van der Waals surface area (Å²) >= 11 is 1.45. The van der Waals surface area contributed by atoms with Gasteiger partial charge in [0.1, 0.15) is 5.75 Å². The average Bonchev–Trinajstić information content (AvgIpc) is 2.69. The number of fused-ring (bicyclic) bond motifs is 1. The van der Waals surface area contributed by atoms with Crippen LogP contribution in [0.15, 0.2) is 52.4 Å². The fraction of sp³-hybridized carbons (Fsp3) is 0.250. The molecule has 0 aliphatic heterocycles. The van der Waals surface area contributed by atoms with Gasteiger partial charge in [0.05, 0.1) is 30.2 Å². The first-order chi connectivity index (χ1) is 13.0. The van der Waals surface area contributed by atoms with E-state index < -0.39 is 5.97 Å². The van der Waals surface area contributed by atoms with Crippen molar-refractivity contribution in [2.24, 2.45) is 7.05 Å². The molecule has 0 amide bonds. The second-order valence-corrected chi connectivity index (χ2v) is 7.06. The number of benzene rings is 2. The van der Waals surface area contributed by atoms with Gasteiger partial charge in [-0.3, -0.25) is 9.36 Å². The molecule has 6 nitrogen and oxygen atoms in total. The largest absolute Gasteiger partial charge is 0.493 e. The second kappa shape index (κ2) is 8.26. The van der Waals surface area contributed by atoms with Crippen LogP contribution >= 0.6 is 11.8 Å². The van der Waals surface area contributed by atoms with E-state index in [0.29, 0.717) is 39.7 Å². The summed E-state index contributed by atoms with van der Waals surface area (Å²) in [4.78, 5) is 28.7. The number of carbonyl (C=O) groups excluding carboxylic acids is 1. The number of esters is 1. The first-order valence-electron chi connectivity index (χ1n) is 8.41. The van der Waals surface area contributed by atoms with E-state index in [1.807, 2.05) is 25.1 Å². The van der Waals surface area contributed by atoms with Gasteiger partial charge in [0.25, 0.3) is 5.56 Å². The molecule has 3 aromatic rings. The minimum absolute atomic E-state index is 0.0575. The molecule has 3 rings (SSSR count). The van der Waals surface area contributed by atoms with Crippen LogP contribution in [0, 0.1) is 6.92 Å². The Morgan fingerprint density at radius 1 is 1.22 bits per heavy atom. The van der Waals surface area contributed by atoms with Crippen molar-refractivity contribution in [1.29, 1.82) is 0 Å². The van der Waals surface area contributed by atoms with Crippen LogP contribution in [-0.4, -0.2) is 35.0 Å². The van der Waals surface area contributed by atoms with Gasteiger partial charge >= 0.3 is 5.97 Å². The topological polar surface area (TPSA) is 70.4 Å². The highest BCUT2D eigenvalue weighted by Gasteiger charge is 2.10. The summed E-state index contributed by atoms with van der Waals surface area (Å²) < 4.78 is 12.0. The lowest BCUT2D eigenvalue weighted by Crippen LogP contribution is -2.20. The van der Waals surface area contributed by atoms with Crippen molar-refractivity contribution in [2.75, 3.05) is 19.5 Å². The van der Waals surface area contributed by atoms with Crippen LogP contribution < -0.4 is 10.3 Å². The molecular weight excluding hydrogens is 364 g/mol. The number of hydrogen-bond acceptors (Lipinski definition) is 6. The first kappa shape index (κ1) is 19.0. The maximum atomic E-state index is 12.5. The number of hydrogen-bond donors (Lipinski definition) is 0. The Bertz CT molecular complexity index is 1050. The molecule has 0 aliphatic rings. The molecule has 140 valence electrons. The van der Waals surface area contributed by atoms with Gasteiger partial charge in [-0.15, -0.1) is 0 Å². The van der Waals surface area contributed by atoms with Gasteiger partial charge in [0, 0.05) is 12.8 Å². The van der Waals surface area contributed by atoms with Gasteiger partial charge in [-0.25, -0.2) is 9.78 Å². The van der Waals surface area contributed by atoms with E-state index in [4.69, 9.17) is 9.47 Å². The molecule has 0 bridgehead atoms. The standard InChI is InChI=1S/C20H20N2O4S/c1-13-7-8-17-16(11-13)18(23)22(2)20(21-17)27-10-9-26-15-6-4-5-14(12-15)19(24)25-3/h4-8,11-12H,9-10H2,1-3H3. The van der Waals surface area contributed by atoms with E-state index in [0.717, 1.165) is 5.56 Å². The van der Waals surface area contributed by atoms with Crippen molar-refractivity contribution in [3.8, 4) is 5.75 Å². The monoisotopic (exact) mass is 384 g/mol. The Kier molecular flexibility index (Phi) is 5.81. The molecule has 27 heavy (non-hydrogen) atoms. The van der Waals surface area contributed by atoms with Crippen molar-refractivity contribution in [1.82, 2.24) is 9.55 Å². The molecule has 0 atom stereocenters. The fourth-order valence-corrected chi connectivity index (χ4v) is 3.41. The quantitative estimate of drug-likeness (QED) is 0.281. The molecule has 0 spiro atoms. The molecule has 1 heterocycles. The van der Waals surface area contributed by atoms with E-state index >= 15 is 0 Å². The van der Waals surface area contributed by atoms with Crippen molar-refractivity contribution in [3.63, 3.8) is 0 Å². The molecule has 0 radical (unpaired) electrons. The number of nitrogens with zero attached hydrogens (tertiary/aromatic N) is 2. The van der Waals surface area contributed by atoms with Crippen LogP contribution in [-0.2, 0) is 11.8 Å². The maximum Gasteiger partial charge on any atom is 0.337 e. The molecule has 0 fully saturated rings. The predicted octanol–water partition coefficient (Wildman–Crippen LogP) is 3.20. The lowest BCUT2D eigenvalue weighted by atomic mass is 10.2. The summed E-state index contributed by atoms with van der Waals surface area (Å²) in [6.07, 6.45) is 0. The van der Waals surface area contributed by atoms with Crippen LogP contribution in [0.1, 0.15) is 15.9 Å². The Morgan fingerprint density at radius 3 is 2.81 bits per heavy atom. The number of methoxy groups -OCH3 is 1. The lowest BCUT2D eigenvalue weighted by molar-refractivity contribution is 0.0600. The van der Waals surface area contributed by atoms with Crippen LogP contribution in [0.3, 0.4) is 0 Å². The Hall–Kier alpha value is -2.80. The van der Waals surface area contributed by atoms with Crippen molar-refractivity contribution < 1.29 is 14.3 Å². The van der Waals surface area contributed by atoms with Crippen LogP contribution in [0.4, 0.5) is 0 Å². The van der Waals surface area contributed by atoms with E-state index in [2.05, 4.69) is 4.98 Å². The zero-order chi connectivity index (χ0) is 19.4. The average molecular weight is 384 g/mol. The van der Waals surface area contributed by atoms with E-state index in [9.17, 15) is 9.59 Å². The SMILES string of the molecule is COC(=O)c1cccc(OCCSc2nc3ccc(C)cc3c(=O)n2C)c1. The highest BCUT2D eigenvalue weighted by atomic mass is 32.2. The Balaban J connectivity index is 1.66. The summed E-state index contributed by atoms with van der Waals surface area (Å²) in [6, 6.07) is 12.5. The highest BCUT2D eigenvalue weighted by Crippen LogP contribution is 2.19. The minimum atomic E-state index is -0.402. The number of carbonyl (C=O) groups is 1. The van der Waals surface area contributed by atoms with Crippen LogP contribution in [0.25, 0.3) is 10.9 Å². The predicted molar refractivity (Wildman–Crippen MR) is 106 cm³/mol. The first-order valence-corrected chi connectivity index (χ1v) is 9.39. The molecule has 0 unspecified atom stereocenters. The molecular formula is C20H20N2O4S. The molecule has 0 aliphatic carbocycles. The summed E-state index contributed by atoms with van der Waals surface area (Å²) in [6.45, 7) is 2.37. The van der Waals surface area contributed by atoms with Gasteiger partial charge in [-0.1, -0.05) is 29.5 Å². The van der Waals surface area contributed by atoms with Crippen molar-refractivity contribution >= 4 is 28.6 Å². The van der Waals surface area contributed by atoms with Crippen molar-refractivity contribution in [2.45, 2.75) is 12.1 Å². The Morgan fingerprint density at radius 2 is 2.04 bits per heavy atom. The summed E-state index contributed by atoms with van der Waals surface area (Å²) in [5.74, 6) is 0.801. The zero-order valence-corrected chi connectivity index (χ0v) is 16.2. The van der Waals surface area contributed by atoms with Gasteiger partial charge in [0.2, 0.25) is 0 Å². The van der Waals surface area contributed by atoms with Gasteiger partial charge < -0.3 is 9.47 Å². The van der Waals surface area contributed by atoms with Crippen LogP contribution in [0.5, 0.6) is 5.75 Å². The normalized spacial score (nSPS) is 10.8. The fourth-order valence-electron chi connectivity index (χ4n) is 2.62. The highest BCUT2D eigenvalue weighted by molar-refractivity contribution is 7.99. The van der Waals surface area contributed by atoms with Gasteiger partial charge in [-0.2, -0.15) is 0 Å². The number of thioether (sulfide) groups is 1. The third kappa shape index (κ3) is 4.31.